The Morgan fingerprint density at radius 2 is 2.33 bits per heavy atom. The average molecular weight is 250 g/mol. The fourth-order valence-corrected chi connectivity index (χ4v) is 2.14. The van der Waals surface area contributed by atoms with Crippen molar-refractivity contribution >= 4 is 11.6 Å². The third kappa shape index (κ3) is 2.56. The van der Waals surface area contributed by atoms with Crippen molar-refractivity contribution in [3.05, 3.63) is 18.2 Å². The van der Waals surface area contributed by atoms with E-state index < -0.39 is 0 Å². The molecular formula is C13H18N2O3. The molecule has 0 aromatic heterocycles. The fourth-order valence-electron chi connectivity index (χ4n) is 2.14. The van der Waals surface area contributed by atoms with E-state index in [1.165, 1.54) is 13.2 Å². The van der Waals surface area contributed by atoms with Gasteiger partial charge in [-0.05, 0) is 31.0 Å². The number of amides is 1. The molecule has 0 radical (unpaired) electrons. The summed E-state index contributed by atoms with van der Waals surface area (Å²) in [7, 11) is 1.52. The highest BCUT2D eigenvalue weighted by Crippen LogP contribution is 2.28. The van der Waals surface area contributed by atoms with Gasteiger partial charge in [0.1, 0.15) is 11.5 Å². The van der Waals surface area contributed by atoms with Crippen molar-refractivity contribution in [3.63, 3.8) is 0 Å². The number of phenolic OH excluding ortho intramolecular Hbond substituents is 1. The Hall–Kier alpha value is -1.75. The molecule has 1 fully saturated rings. The van der Waals surface area contributed by atoms with E-state index >= 15 is 0 Å². The highest BCUT2D eigenvalue weighted by Gasteiger charge is 2.29. The molecule has 1 saturated heterocycles. The lowest BCUT2D eigenvalue weighted by Crippen LogP contribution is -2.39. The van der Waals surface area contributed by atoms with Gasteiger partial charge in [0, 0.05) is 6.07 Å². The Labute approximate surface area is 106 Å². The molecule has 0 spiro atoms. The fraction of sp³-hybridized carbons (Fsp3) is 0.462. The topological polar surface area (TPSA) is 70.6 Å². The zero-order valence-corrected chi connectivity index (χ0v) is 10.6. The van der Waals surface area contributed by atoms with Gasteiger partial charge in [-0.15, -0.1) is 0 Å². The number of carbonyl (C=O) groups is 1. The molecule has 1 aliphatic rings. The third-order valence-electron chi connectivity index (χ3n) is 3.28. The predicted octanol–water partition coefficient (Wildman–Crippen LogP) is 1.34. The number of benzene rings is 1. The maximum atomic E-state index is 12.0. The molecule has 1 amide bonds. The van der Waals surface area contributed by atoms with Crippen LogP contribution in [-0.4, -0.2) is 30.7 Å². The van der Waals surface area contributed by atoms with Gasteiger partial charge < -0.3 is 20.5 Å². The molecular weight excluding hydrogens is 232 g/mol. The molecule has 98 valence electrons. The quantitative estimate of drug-likeness (QED) is 0.708. The minimum absolute atomic E-state index is 0.00773. The summed E-state index contributed by atoms with van der Waals surface area (Å²) in [5.41, 5.74) is 0.404. The van der Waals surface area contributed by atoms with Crippen LogP contribution in [0.25, 0.3) is 0 Å². The van der Waals surface area contributed by atoms with Gasteiger partial charge >= 0.3 is 0 Å². The first kappa shape index (κ1) is 12.7. The van der Waals surface area contributed by atoms with E-state index in [0.717, 1.165) is 13.0 Å². The molecule has 5 heteroatoms. The zero-order valence-electron chi connectivity index (χ0n) is 10.6. The van der Waals surface area contributed by atoms with Gasteiger partial charge in [0.05, 0.1) is 18.8 Å². The number of methoxy groups -OCH3 is 1. The molecule has 2 unspecified atom stereocenters. The lowest BCUT2D eigenvalue weighted by atomic mass is 10.0. The first-order valence-corrected chi connectivity index (χ1v) is 6.03. The van der Waals surface area contributed by atoms with Crippen molar-refractivity contribution in [2.75, 3.05) is 19.0 Å². The van der Waals surface area contributed by atoms with Crippen molar-refractivity contribution in [2.45, 2.75) is 19.4 Å². The van der Waals surface area contributed by atoms with Gasteiger partial charge in [0.25, 0.3) is 0 Å². The molecule has 1 heterocycles. The monoisotopic (exact) mass is 250 g/mol. The summed E-state index contributed by atoms with van der Waals surface area (Å²) in [6.07, 6.45) is 0.993. The molecule has 2 atom stereocenters. The largest absolute Gasteiger partial charge is 0.506 e. The lowest BCUT2D eigenvalue weighted by molar-refractivity contribution is -0.118. The van der Waals surface area contributed by atoms with Crippen LogP contribution in [0.4, 0.5) is 5.69 Å². The summed E-state index contributed by atoms with van der Waals surface area (Å²) in [4.78, 5) is 12.0. The van der Waals surface area contributed by atoms with Crippen LogP contribution in [0.15, 0.2) is 18.2 Å². The SMILES string of the molecule is COc1ccc(NC(=O)C2NCCC2C)c(O)c1. The van der Waals surface area contributed by atoms with E-state index in [-0.39, 0.29) is 17.7 Å². The van der Waals surface area contributed by atoms with Crippen LogP contribution in [0.2, 0.25) is 0 Å². The molecule has 1 aliphatic heterocycles. The Morgan fingerprint density at radius 1 is 1.56 bits per heavy atom. The van der Waals surface area contributed by atoms with E-state index in [2.05, 4.69) is 10.6 Å². The highest BCUT2D eigenvalue weighted by atomic mass is 16.5. The van der Waals surface area contributed by atoms with Crippen molar-refractivity contribution in [1.29, 1.82) is 0 Å². The Balaban J connectivity index is 2.07. The van der Waals surface area contributed by atoms with E-state index in [0.29, 0.717) is 17.4 Å². The molecule has 18 heavy (non-hydrogen) atoms. The molecule has 3 N–H and O–H groups in total. The van der Waals surface area contributed by atoms with Crippen molar-refractivity contribution in [3.8, 4) is 11.5 Å². The van der Waals surface area contributed by atoms with E-state index in [9.17, 15) is 9.90 Å². The Morgan fingerprint density at radius 3 is 2.89 bits per heavy atom. The number of carbonyl (C=O) groups excluding carboxylic acids is 1. The predicted molar refractivity (Wildman–Crippen MR) is 68.9 cm³/mol. The second-order valence-corrected chi connectivity index (χ2v) is 4.57. The second-order valence-electron chi connectivity index (χ2n) is 4.57. The number of hydrogen-bond donors (Lipinski definition) is 3. The lowest BCUT2D eigenvalue weighted by Gasteiger charge is -2.16. The number of rotatable bonds is 3. The zero-order chi connectivity index (χ0) is 13.1. The number of nitrogens with one attached hydrogen (secondary N) is 2. The Bertz CT molecular complexity index is 448. The number of ether oxygens (including phenoxy) is 1. The Kier molecular flexibility index (Phi) is 3.72. The second kappa shape index (κ2) is 5.27. The minimum Gasteiger partial charge on any atom is -0.506 e. The summed E-state index contributed by atoms with van der Waals surface area (Å²) in [6.45, 7) is 2.89. The maximum Gasteiger partial charge on any atom is 0.241 e. The van der Waals surface area contributed by atoms with Crippen LogP contribution in [-0.2, 0) is 4.79 Å². The highest BCUT2D eigenvalue weighted by molar-refractivity contribution is 5.96. The van der Waals surface area contributed by atoms with Gasteiger partial charge in [0.15, 0.2) is 0 Å². The van der Waals surface area contributed by atoms with E-state index in [1.807, 2.05) is 6.92 Å². The average Bonchev–Trinajstić information content (AvgIpc) is 2.78. The van der Waals surface area contributed by atoms with Gasteiger partial charge in [-0.25, -0.2) is 0 Å². The maximum absolute atomic E-state index is 12.0. The normalized spacial score (nSPS) is 22.8. The van der Waals surface area contributed by atoms with Crippen molar-refractivity contribution in [2.24, 2.45) is 5.92 Å². The molecule has 2 rings (SSSR count). The molecule has 1 aromatic carbocycles. The van der Waals surface area contributed by atoms with Crippen LogP contribution in [0.3, 0.4) is 0 Å². The molecule has 0 saturated carbocycles. The summed E-state index contributed by atoms with van der Waals surface area (Å²) in [5, 5.41) is 15.6. The minimum atomic E-state index is -0.188. The first-order chi connectivity index (χ1) is 8.61. The van der Waals surface area contributed by atoms with Gasteiger partial charge in [0.2, 0.25) is 5.91 Å². The summed E-state index contributed by atoms with van der Waals surface area (Å²) in [5.74, 6) is 0.761. The molecule has 0 aliphatic carbocycles. The van der Waals surface area contributed by atoms with Crippen LogP contribution in [0.5, 0.6) is 11.5 Å². The van der Waals surface area contributed by atoms with Crippen LogP contribution in [0, 0.1) is 5.92 Å². The van der Waals surface area contributed by atoms with Crippen LogP contribution < -0.4 is 15.4 Å². The van der Waals surface area contributed by atoms with Crippen LogP contribution in [0.1, 0.15) is 13.3 Å². The molecule has 0 bridgehead atoms. The number of anilines is 1. The van der Waals surface area contributed by atoms with Gasteiger partial charge in [-0.3, -0.25) is 4.79 Å². The van der Waals surface area contributed by atoms with Crippen molar-refractivity contribution in [1.82, 2.24) is 5.32 Å². The van der Waals surface area contributed by atoms with Crippen LogP contribution >= 0.6 is 0 Å². The first-order valence-electron chi connectivity index (χ1n) is 6.03. The summed E-state index contributed by atoms with van der Waals surface area (Å²) in [6, 6.07) is 4.61. The smallest absolute Gasteiger partial charge is 0.241 e. The van der Waals surface area contributed by atoms with E-state index in [4.69, 9.17) is 4.74 Å². The third-order valence-corrected chi connectivity index (χ3v) is 3.28. The number of phenols is 1. The summed E-state index contributed by atoms with van der Waals surface area (Å²) >= 11 is 0. The van der Waals surface area contributed by atoms with E-state index in [1.54, 1.807) is 12.1 Å². The van der Waals surface area contributed by atoms with Gasteiger partial charge in [-0.2, -0.15) is 0 Å². The molecule has 5 nitrogen and oxygen atoms in total. The molecule has 1 aromatic rings. The van der Waals surface area contributed by atoms with Gasteiger partial charge in [-0.1, -0.05) is 6.92 Å². The number of hydrogen-bond acceptors (Lipinski definition) is 4. The van der Waals surface area contributed by atoms with Crippen molar-refractivity contribution < 1.29 is 14.6 Å². The standard InChI is InChI=1S/C13H18N2O3/c1-8-5-6-14-12(8)13(17)15-10-4-3-9(18-2)7-11(10)16/h3-4,7-8,12,14,16H,5-6H2,1-2H3,(H,15,17). The summed E-state index contributed by atoms with van der Waals surface area (Å²) < 4.78 is 4.99. The number of aromatic hydroxyl groups is 1.